The molecule has 146 heavy (non-hydrogen) atoms. The lowest BCUT2D eigenvalue weighted by Crippen LogP contribution is -2.47. The number of rotatable bonds is 31. The number of anilines is 7. The molecule has 778 valence electrons. The summed E-state index contributed by atoms with van der Waals surface area (Å²) < 4.78 is 55.1. The predicted octanol–water partition coefficient (Wildman–Crippen LogP) is 16.5. The lowest BCUT2D eigenvalue weighted by molar-refractivity contribution is 0.366. The summed E-state index contributed by atoms with van der Waals surface area (Å²) in [4.78, 5) is 14.4. The highest BCUT2D eigenvalue weighted by atomic mass is 31.1. The van der Waals surface area contributed by atoms with E-state index >= 15 is 0 Å². The van der Waals surface area contributed by atoms with Gasteiger partial charge in [0.25, 0.3) is 0 Å². The van der Waals surface area contributed by atoms with Gasteiger partial charge in [-0.2, -0.15) is 0 Å². The van der Waals surface area contributed by atoms with Crippen LogP contribution in [0.2, 0.25) is 39.3 Å². The van der Waals surface area contributed by atoms with Crippen molar-refractivity contribution >= 4 is 201 Å². The van der Waals surface area contributed by atoms with E-state index in [0.717, 1.165) is 65.3 Å². The third-order valence-electron chi connectivity index (χ3n) is 22.9. The van der Waals surface area contributed by atoms with Crippen LogP contribution in [0, 0.1) is 19.7 Å². The van der Waals surface area contributed by atoms with Crippen molar-refractivity contribution < 1.29 is 78.0 Å². The number of hydrogen-bond donors (Lipinski definition) is 7. The molecule has 22 nitrogen and oxygen atoms in total. The van der Waals surface area contributed by atoms with Crippen LogP contribution in [-0.2, 0) is 0 Å². The summed E-state index contributed by atoms with van der Waals surface area (Å²) in [6.45, 7) is 18.3. The number of benzene rings is 14. The largest absolute Gasteiger partial charge is 0.507 e. The molecule has 0 aliphatic heterocycles. The third-order valence-corrected chi connectivity index (χ3v) is 36.6. The number of aryl methyl sites for hydroxylation is 2. The van der Waals surface area contributed by atoms with Gasteiger partial charge in [-0.1, -0.05) is 238 Å². The molecule has 0 heterocycles. The Kier molecular flexibility index (Phi) is 46.4. The molecule has 0 aromatic heterocycles. The summed E-state index contributed by atoms with van der Waals surface area (Å²) in [5, 5.41) is 89.1. The molecule has 14 aromatic carbocycles. The van der Waals surface area contributed by atoms with E-state index in [1.165, 1.54) is 103 Å². The lowest BCUT2D eigenvalue weighted by Gasteiger charge is -2.26. The summed E-state index contributed by atoms with van der Waals surface area (Å²) in [5.41, 5.74) is 10.3. The summed E-state index contributed by atoms with van der Waals surface area (Å²) in [6.07, 6.45) is 0. The van der Waals surface area contributed by atoms with Gasteiger partial charge < -0.3 is 108 Å². The van der Waals surface area contributed by atoms with E-state index < -0.39 is 16.1 Å². The first-order chi connectivity index (χ1) is 69.2. The monoisotopic (exact) mass is 2150 g/mol. The molecular formula is C114H147FN7O15P7Si2. The van der Waals surface area contributed by atoms with Crippen molar-refractivity contribution in [3.63, 3.8) is 0 Å². The Hall–Kier alpha value is -11.9. The fraction of sp³-hybridized carbons (Fsp3) is 0.263. The highest BCUT2D eigenvalue weighted by Gasteiger charge is 2.29. The first-order valence-electron chi connectivity index (χ1n) is 46.9. The van der Waals surface area contributed by atoms with E-state index in [0.29, 0.717) is 109 Å². The number of halogens is 1. The molecule has 0 bridgehead atoms. The number of para-hydroxylation sites is 6. The van der Waals surface area contributed by atoms with Crippen molar-refractivity contribution in [1.82, 2.24) is 0 Å². The van der Waals surface area contributed by atoms with Crippen LogP contribution in [-0.4, -0.2) is 207 Å². The van der Waals surface area contributed by atoms with Crippen LogP contribution >= 0.6 is 60.1 Å². The highest BCUT2D eigenvalue weighted by molar-refractivity contribution is 7.58. The van der Waals surface area contributed by atoms with Gasteiger partial charge in [-0.3, -0.25) is 0 Å². The van der Waals surface area contributed by atoms with E-state index in [1.807, 2.05) is 168 Å². The van der Waals surface area contributed by atoms with E-state index in [2.05, 4.69) is 206 Å². The molecule has 0 radical (unpaired) electrons. The first-order valence-corrected chi connectivity index (χ1v) is 60.9. The van der Waals surface area contributed by atoms with Crippen LogP contribution in [0.3, 0.4) is 0 Å². The highest BCUT2D eigenvalue weighted by Crippen LogP contribution is 2.39. The van der Waals surface area contributed by atoms with Crippen molar-refractivity contribution in [3.8, 4) is 86.2 Å². The minimum Gasteiger partial charge on any atom is -0.507 e. The summed E-state index contributed by atoms with van der Waals surface area (Å²) in [6, 6.07) is 83.8. The van der Waals surface area contributed by atoms with E-state index in [-0.39, 0.29) is 37.4 Å². The maximum atomic E-state index is 13.5. The second-order valence-corrected chi connectivity index (χ2v) is 56.6. The molecule has 0 spiro atoms. The number of phenolic OH excluding ortho intramolecular Hbond substituents is 7. The quantitative estimate of drug-likeness (QED) is 0.0158. The molecule has 0 saturated carbocycles. The minimum atomic E-state index is -1.61. The molecule has 0 aliphatic carbocycles. The van der Waals surface area contributed by atoms with Gasteiger partial charge in [-0.05, 0) is 145 Å². The first kappa shape index (κ1) is 119. The van der Waals surface area contributed by atoms with Gasteiger partial charge in [-0.25, -0.2) is 4.39 Å². The zero-order valence-corrected chi connectivity index (χ0v) is 98.7. The number of aromatic hydroxyl groups is 7. The molecule has 14 rings (SSSR count). The predicted molar refractivity (Wildman–Crippen MR) is 643 cm³/mol. The lowest BCUT2D eigenvalue weighted by atomic mass is 10.2. The molecule has 14 aromatic rings. The average Bonchev–Trinajstić information content (AvgIpc) is 0.776. The van der Waals surface area contributed by atoms with Gasteiger partial charge >= 0.3 is 0 Å². The topological polar surface area (TPSA) is 238 Å². The number of phenols is 7. The molecule has 7 N–H and O–H groups in total. The third kappa shape index (κ3) is 34.1. The SMILES string of the molecule is CN(C)c1ccccc1Pc1cc([Si](C)(C)C)cc([Si](C)(C)C)c1O.COc1cc(OC)c(O)c(Pc2ccc(F)cc2N(C)C)c1.COc1cc(OC)c(O)c(Pc2ccccc2N(C)C)c1.COc1ccc(O)c(Pc2ccc(C)cc2N(C)C)c1.COc1ccc(O)c(Pc2ccccc2N(C)C)c1.COc1cccc(Pc2c(C)cccc2N(C)C)c1O.COc1cccc(Pc2ccccc2N(C)C)c1O. The van der Waals surface area contributed by atoms with Crippen molar-refractivity contribution in [1.29, 1.82) is 0 Å². The Labute approximate surface area is 879 Å². The summed E-state index contributed by atoms with van der Waals surface area (Å²) in [7, 11) is 40.2. The summed E-state index contributed by atoms with van der Waals surface area (Å²) in [5.74, 6) is 6.24. The smallest absolute Gasteiger partial charge is 0.165 e. The molecule has 0 amide bonds. The van der Waals surface area contributed by atoms with Crippen LogP contribution in [0.15, 0.2) is 261 Å². The number of nitrogens with zero attached hydrogens (tertiary/aromatic N) is 7. The molecular weight excluding hydrogens is 2000 g/mol. The van der Waals surface area contributed by atoms with Crippen LogP contribution in [0.5, 0.6) is 86.2 Å². The van der Waals surface area contributed by atoms with Crippen molar-refractivity contribution in [2.45, 2.75) is 53.1 Å². The standard InChI is InChI=1S/C20H32NOPSi2.C16H19FNO3P.C16H20NO3P.2C16H20NO2P.2C15H18NO2P/c1-21(2)16-11-9-10-12-17(16)23-18-13-15(24(3,4)5)14-19(20(18)22)25(6,7)8;1-18(2)12-7-10(17)5-6-14(12)22-15-9-11(20-3)8-13(21-4)16(15)19;1-17(2)12-7-5-6-8-14(12)21-15-10-11(19-3)9-13(20-4)16(15)18;1-11-5-8-15(13(9-11)17(2)3)20-16-10-12(19-4)6-7-14(16)18;1-11-7-5-8-12(17(2)3)16(11)20-14-10-6-9-13(19-4)15(14)18;1-16(2)11-7-4-5-9-13(11)19-14-10-6-8-12(18-3)15(14)17;1-16(2)12-6-4-5-7-14(12)19-15-10-11(18-3)8-9-13(15)17/h9-14,22-23H,1-8H3;5-9,19,22H,1-4H3;5-10,18,21H,1-4H3;2*5-10,18,20H,1-4H3;2*4-10,17,19H,1-3H3. The maximum Gasteiger partial charge on any atom is 0.165 e. The molecule has 0 saturated heterocycles. The van der Waals surface area contributed by atoms with Gasteiger partial charge in [0.1, 0.15) is 46.1 Å². The molecule has 7 unspecified atom stereocenters. The fourth-order valence-electron chi connectivity index (χ4n) is 14.9. The van der Waals surface area contributed by atoms with Crippen molar-refractivity contribution in [3.05, 3.63) is 278 Å². The van der Waals surface area contributed by atoms with Crippen molar-refractivity contribution in [2.75, 3.05) is 190 Å². The zero-order valence-electron chi connectivity index (χ0n) is 89.7. The van der Waals surface area contributed by atoms with Gasteiger partial charge in [0.05, 0.1) is 73.0 Å². The average molecular weight is 2150 g/mol. The summed E-state index contributed by atoms with van der Waals surface area (Å²) >= 11 is 0. The number of methoxy groups -OCH3 is 8. The molecule has 0 fully saturated rings. The van der Waals surface area contributed by atoms with Crippen LogP contribution in [0.4, 0.5) is 44.2 Å². The Balaban J connectivity index is 0.000000208. The Bertz CT molecular complexity index is 6580. The van der Waals surface area contributed by atoms with Crippen LogP contribution in [0.1, 0.15) is 11.1 Å². The van der Waals surface area contributed by atoms with Gasteiger partial charge in [0.15, 0.2) is 46.0 Å². The fourth-order valence-corrected chi connectivity index (χ4v) is 27.3. The van der Waals surface area contributed by atoms with E-state index in [4.69, 9.17) is 37.9 Å². The van der Waals surface area contributed by atoms with Gasteiger partial charge in [-0.15, -0.1) is 0 Å². The van der Waals surface area contributed by atoms with Crippen LogP contribution in [0.25, 0.3) is 0 Å². The minimum absolute atomic E-state index is 0.0793. The number of ether oxygens (including phenoxy) is 8. The maximum absolute atomic E-state index is 13.5. The molecule has 0 aliphatic rings. The zero-order chi connectivity index (χ0) is 108. The van der Waals surface area contributed by atoms with Gasteiger partial charge in [0.2, 0.25) is 0 Å². The van der Waals surface area contributed by atoms with Crippen LogP contribution < -0.4 is 157 Å². The second kappa shape index (κ2) is 56.8. The Morgan fingerprint density at radius 2 is 0.534 bits per heavy atom. The molecule has 7 atom stereocenters. The molecule has 32 heteroatoms. The normalized spacial score (nSPS) is 11.3. The second-order valence-electron chi connectivity index (χ2n) is 37.2. The van der Waals surface area contributed by atoms with Crippen molar-refractivity contribution in [2.24, 2.45) is 0 Å². The Morgan fingerprint density at radius 1 is 0.233 bits per heavy atom. The van der Waals surface area contributed by atoms with Gasteiger partial charge in [0, 0.05) is 225 Å². The van der Waals surface area contributed by atoms with E-state index in [1.54, 1.807) is 103 Å². The number of hydrogen-bond acceptors (Lipinski definition) is 22. The van der Waals surface area contributed by atoms with E-state index in [9.17, 15) is 40.1 Å². The Morgan fingerprint density at radius 3 is 0.890 bits per heavy atom.